The maximum absolute atomic E-state index is 6.09. The Morgan fingerprint density at radius 3 is 1.96 bits per heavy atom. The molecule has 2 nitrogen and oxygen atoms in total. The van der Waals surface area contributed by atoms with Gasteiger partial charge in [-0.15, -0.1) is 0 Å². The normalized spacial score (nSPS) is 29.3. The molecule has 1 atom stereocenters. The first-order valence-electron chi connectivity index (χ1n) is 9.47. The number of hydrogen-bond acceptors (Lipinski definition) is 2. The molecule has 0 saturated carbocycles. The zero-order chi connectivity index (χ0) is 16.1. The van der Waals surface area contributed by atoms with Crippen LogP contribution in [0, 0.1) is 5.92 Å². The van der Waals surface area contributed by atoms with Gasteiger partial charge in [-0.1, -0.05) is 48.5 Å². The van der Waals surface area contributed by atoms with Crippen molar-refractivity contribution >= 4 is 0 Å². The van der Waals surface area contributed by atoms with Gasteiger partial charge in [-0.3, -0.25) is 0 Å². The Morgan fingerprint density at radius 2 is 1.38 bits per heavy atom. The molecule has 24 heavy (non-hydrogen) atoms. The summed E-state index contributed by atoms with van der Waals surface area (Å²) in [5.41, 5.74) is 12.4. The minimum absolute atomic E-state index is 0.422. The lowest BCUT2D eigenvalue weighted by Gasteiger charge is -2.47. The minimum Gasteiger partial charge on any atom is -0.328 e. The summed E-state index contributed by atoms with van der Waals surface area (Å²) in [7, 11) is 0. The van der Waals surface area contributed by atoms with Crippen molar-refractivity contribution < 1.29 is 0 Å². The van der Waals surface area contributed by atoms with Gasteiger partial charge in [0, 0.05) is 24.4 Å². The van der Waals surface area contributed by atoms with Crippen LogP contribution >= 0.6 is 0 Å². The Morgan fingerprint density at radius 1 is 0.833 bits per heavy atom. The van der Waals surface area contributed by atoms with E-state index in [0.717, 1.165) is 18.8 Å². The Kier molecular flexibility index (Phi) is 3.50. The van der Waals surface area contributed by atoms with Crippen LogP contribution in [0.3, 0.4) is 0 Å². The molecule has 4 aliphatic rings. The molecule has 1 aliphatic heterocycles. The SMILES string of the molecule is NC1CCN(CC2CC3c4ccccc4C2c2ccccc23)CC1. The Labute approximate surface area is 144 Å². The smallest absolute Gasteiger partial charge is 0.0136 e. The van der Waals surface area contributed by atoms with Crippen LogP contribution in [0.4, 0.5) is 0 Å². The van der Waals surface area contributed by atoms with Gasteiger partial charge < -0.3 is 10.6 Å². The van der Waals surface area contributed by atoms with Crippen LogP contribution < -0.4 is 5.73 Å². The molecule has 2 N–H and O–H groups in total. The van der Waals surface area contributed by atoms with Crippen molar-refractivity contribution in [3.63, 3.8) is 0 Å². The largest absolute Gasteiger partial charge is 0.328 e. The summed E-state index contributed by atoms with van der Waals surface area (Å²) in [6.07, 6.45) is 3.63. The highest BCUT2D eigenvalue weighted by Crippen LogP contribution is 2.55. The lowest BCUT2D eigenvalue weighted by molar-refractivity contribution is 0.162. The third-order valence-corrected chi connectivity index (χ3v) is 6.55. The van der Waals surface area contributed by atoms with Gasteiger partial charge in [0.2, 0.25) is 0 Å². The molecular formula is C22H26N2. The van der Waals surface area contributed by atoms with Crippen molar-refractivity contribution in [1.29, 1.82) is 0 Å². The highest BCUT2D eigenvalue weighted by molar-refractivity contribution is 5.55. The number of likely N-dealkylation sites (tertiary alicyclic amines) is 1. The highest BCUT2D eigenvalue weighted by atomic mass is 15.1. The van der Waals surface area contributed by atoms with Crippen molar-refractivity contribution in [3.05, 3.63) is 70.8 Å². The van der Waals surface area contributed by atoms with E-state index in [1.165, 1.54) is 26.1 Å². The Balaban J connectivity index is 1.49. The number of rotatable bonds is 2. The zero-order valence-corrected chi connectivity index (χ0v) is 14.2. The van der Waals surface area contributed by atoms with Crippen LogP contribution in [-0.2, 0) is 0 Å². The third kappa shape index (κ3) is 2.24. The summed E-state index contributed by atoms with van der Waals surface area (Å²) < 4.78 is 0. The maximum atomic E-state index is 6.09. The van der Waals surface area contributed by atoms with E-state index in [0.29, 0.717) is 17.9 Å². The van der Waals surface area contributed by atoms with E-state index in [9.17, 15) is 0 Å². The van der Waals surface area contributed by atoms with Gasteiger partial charge in [-0.25, -0.2) is 0 Å². The van der Waals surface area contributed by atoms with Gasteiger partial charge in [-0.2, -0.15) is 0 Å². The van der Waals surface area contributed by atoms with Crippen LogP contribution in [0.5, 0.6) is 0 Å². The molecule has 2 aromatic carbocycles. The average Bonchev–Trinajstić information content (AvgIpc) is 2.64. The lowest BCUT2D eigenvalue weighted by atomic mass is 9.59. The molecule has 2 aromatic rings. The number of nitrogens with zero attached hydrogens (tertiary/aromatic N) is 1. The second-order valence-electron chi connectivity index (χ2n) is 7.92. The number of piperidine rings is 1. The fraction of sp³-hybridized carbons (Fsp3) is 0.455. The van der Waals surface area contributed by atoms with Gasteiger partial charge in [0.15, 0.2) is 0 Å². The van der Waals surface area contributed by atoms with Crippen LogP contribution in [-0.4, -0.2) is 30.6 Å². The van der Waals surface area contributed by atoms with Gasteiger partial charge >= 0.3 is 0 Å². The standard InChI is InChI=1S/C22H26N2/c23-16-9-11-24(12-10-16)14-15-13-21-17-5-1-3-7-19(17)22(15)20-8-4-2-6-18(20)21/h1-8,15-16,21-22H,9-14,23H2. The highest BCUT2D eigenvalue weighted by Gasteiger charge is 2.43. The summed E-state index contributed by atoms with van der Waals surface area (Å²) in [4.78, 5) is 2.67. The first-order valence-corrected chi connectivity index (χ1v) is 9.47. The molecule has 1 saturated heterocycles. The van der Waals surface area contributed by atoms with E-state index < -0.39 is 0 Å². The monoisotopic (exact) mass is 318 g/mol. The van der Waals surface area contributed by atoms with Crippen molar-refractivity contribution in [2.45, 2.75) is 37.1 Å². The van der Waals surface area contributed by atoms with E-state index in [1.54, 1.807) is 22.3 Å². The molecule has 6 rings (SSSR count). The van der Waals surface area contributed by atoms with E-state index >= 15 is 0 Å². The van der Waals surface area contributed by atoms with E-state index in [1.807, 2.05) is 0 Å². The molecule has 3 aliphatic carbocycles. The quantitative estimate of drug-likeness (QED) is 0.914. The summed E-state index contributed by atoms with van der Waals surface area (Å²) in [6.45, 7) is 3.59. The first-order chi connectivity index (χ1) is 11.8. The zero-order valence-electron chi connectivity index (χ0n) is 14.2. The summed E-state index contributed by atoms with van der Waals surface area (Å²) in [5, 5.41) is 0. The molecule has 1 fully saturated rings. The molecule has 0 amide bonds. The van der Waals surface area contributed by atoms with Crippen molar-refractivity contribution in [1.82, 2.24) is 4.90 Å². The molecule has 0 radical (unpaired) electrons. The first kappa shape index (κ1) is 14.7. The molecule has 124 valence electrons. The topological polar surface area (TPSA) is 29.3 Å². The number of hydrogen-bond donors (Lipinski definition) is 1. The second kappa shape index (κ2) is 5.72. The maximum Gasteiger partial charge on any atom is 0.0136 e. The predicted molar refractivity (Wildman–Crippen MR) is 98.3 cm³/mol. The molecule has 0 aromatic heterocycles. The van der Waals surface area contributed by atoms with Crippen molar-refractivity contribution in [3.8, 4) is 0 Å². The van der Waals surface area contributed by atoms with E-state index in [-0.39, 0.29) is 0 Å². The molecule has 2 heteroatoms. The number of nitrogens with two attached hydrogens (primary N) is 1. The van der Waals surface area contributed by atoms with E-state index in [4.69, 9.17) is 5.73 Å². The summed E-state index contributed by atoms with van der Waals surface area (Å²) in [6, 6.07) is 18.8. The molecule has 1 heterocycles. The lowest BCUT2D eigenvalue weighted by Crippen LogP contribution is -2.44. The second-order valence-corrected chi connectivity index (χ2v) is 7.92. The van der Waals surface area contributed by atoms with Gasteiger partial charge in [0.05, 0.1) is 0 Å². The summed E-state index contributed by atoms with van der Waals surface area (Å²) >= 11 is 0. The number of benzene rings is 2. The van der Waals surface area contributed by atoms with Crippen LogP contribution in [0.15, 0.2) is 48.5 Å². The molecule has 1 unspecified atom stereocenters. The average molecular weight is 318 g/mol. The molecule has 0 spiro atoms. The van der Waals surface area contributed by atoms with Gasteiger partial charge in [0.25, 0.3) is 0 Å². The van der Waals surface area contributed by atoms with Crippen LogP contribution in [0.25, 0.3) is 0 Å². The fourth-order valence-electron chi connectivity index (χ4n) is 5.41. The Hall–Kier alpha value is -1.64. The molecular weight excluding hydrogens is 292 g/mol. The number of fused-ring (bicyclic) bond motifs is 1. The van der Waals surface area contributed by atoms with Crippen molar-refractivity contribution in [2.75, 3.05) is 19.6 Å². The van der Waals surface area contributed by atoms with E-state index in [2.05, 4.69) is 53.4 Å². The third-order valence-electron chi connectivity index (χ3n) is 6.55. The van der Waals surface area contributed by atoms with Crippen LogP contribution in [0.2, 0.25) is 0 Å². The molecule has 2 bridgehead atoms. The fourth-order valence-corrected chi connectivity index (χ4v) is 5.41. The Bertz CT molecular complexity index is 698. The van der Waals surface area contributed by atoms with Gasteiger partial charge in [0.1, 0.15) is 0 Å². The minimum atomic E-state index is 0.422. The predicted octanol–water partition coefficient (Wildman–Crippen LogP) is 3.71. The van der Waals surface area contributed by atoms with Crippen molar-refractivity contribution in [2.24, 2.45) is 11.7 Å². The van der Waals surface area contributed by atoms with Crippen LogP contribution in [0.1, 0.15) is 53.4 Å². The van der Waals surface area contributed by atoms with Gasteiger partial charge in [-0.05, 0) is 60.5 Å². The summed E-state index contributed by atoms with van der Waals surface area (Å²) in [5.74, 6) is 1.92.